The number of aliphatic hydroxyl groups excluding tert-OH is 1. The van der Waals surface area contributed by atoms with Crippen LogP contribution in [-0.4, -0.2) is 29.4 Å². The van der Waals surface area contributed by atoms with Gasteiger partial charge in [-0.1, -0.05) is 52.4 Å². The van der Waals surface area contributed by atoms with E-state index < -0.39 is 15.4 Å². The number of unbranched alkanes of at least 4 members (excludes halogenated alkanes) is 4. The fourth-order valence-electron chi connectivity index (χ4n) is 2.24. The average Bonchev–Trinajstić information content (AvgIpc) is 2.33. The van der Waals surface area contributed by atoms with Crippen molar-refractivity contribution in [3.05, 3.63) is 0 Å². The van der Waals surface area contributed by atoms with Crippen LogP contribution >= 0.6 is 0 Å². The van der Waals surface area contributed by atoms with E-state index in [-0.39, 0.29) is 57.5 Å². The summed E-state index contributed by atoms with van der Waals surface area (Å²) in [6.45, 7) is 3.85. The Kier molecular flexibility index (Phi) is 16.8. The van der Waals surface area contributed by atoms with Crippen molar-refractivity contribution >= 4 is 10.1 Å². The molecule has 2 atom stereocenters. The second-order valence-corrected chi connectivity index (χ2v) is 6.96. The molecule has 0 spiro atoms. The molecule has 0 aliphatic rings. The molecule has 20 heavy (non-hydrogen) atoms. The molecule has 4 nitrogen and oxygen atoms in total. The summed E-state index contributed by atoms with van der Waals surface area (Å²) in [4.78, 5) is 0. The Morgan fingerprint density at radius 1 is 0.950 bits per heavy atom. The van der Waals surface area contributed by atoms with Crippen LogP contribution in [0.25, 0.3) is 0 Å². The summed E-state index contributed by atoms with van der Waals surface area (Å²) in [6, 6.07) is 0. The third-order valence-electron chi connectivity index (χ3n) is 3.57. The van der Waals surface area contributed by atoms with Crippen LogP contribution in [0.15, 0.2) is 0 Å². The molecule has 0 heterocycles. The van der Waals surface area contributed by atoms with Crippen LogP contribution in [0.4, 0.5) is 0 Å². The van der Waals surface area contributed by atoms with Gasteiger partial charge in [0.15, 0.2) is 0 Å². The predicted molar refractivity (Wildman–Crippen MR) is 77.0 cm³/mol. The van der Waals surface area contributed by atoms with Gasteiger partial charge in [-0.25, -0.2) is 8.42 Å². The van der Waals surface area contributed by atoms with E-state index >= 15 is 0 Å². The van der Waals surface area contributed by atoms with Gasteiger partial charge in [-0.3, -0.25) is 0 Å². The second-order valence-electron chi connectivity index (χ2n) is 5.31. The first kappa shape index (κ1) is 23.8. The van der Waals surface area contributed by atoms with Crippen LogP contribution in [0.1, 0.15) is 78.1 Å². The maximum absolute atomic E-state index is 10.9. The molecule has 0 aromatic rings. The van der Waals surface area contributed by atoms with Crippen molar-refractivity contribution < 1.29 is 69.5 Å². The molecule has 116 valence electrons. The van der Waals surface area contributed by atoms with Crippen molar-refractivity contribution in [1.82, 2.24) is 0 Å². The monoisotopic (exact) mass is 332 g/mol. The standard InChI is InChI=1S/C14H30O4S.K/c1-3-5-10-13(15)11-8-6-7-9-12-14(4-2)19(16,17)18;/h13-15H,3-12H2,1-2H3,(H,16,17,18);/q;+1/p-1. The molecule has 0 amide bonds. The Labute approximate surface area is 167 Å². The maximum atomic E-state index is 10.9. The van der Waals surface area contributed by atoms with Crippen LogP contribution in [0, 0.1) is 0 Å². The molecule has 0 fully saturated rings. The van der Waals surface area contributed by atoms with Gasteiger partial charge in [-0.05, 0) is 25.7 Å². The quantitative estimate of drug-likeness (QED) is 0.315. The summed E-state index contributed by atoms with van der Waals surface area (Å²) in [6.07, 6.45) is 8.27. The Bertz CT molecular complexity index is 306. The molecular formula is C14H29KO4S. The first-order chi connectivity index (χ1) is 8.91. The minimum absolute atomic E-state index is 0. The molecule has 0 saturated carbocycles. The molecule has 0 bridgehead atoms. The number of aliphatic hydroxyl groups is 1. The van der Waals surface area contributed by atoms with E-state index in [0.717, 1.165) is 51.4 Å². The van der Waals surface area contributed by atoms with Crippen LogP contribution in [0.2, 0.25) is 0 Å². The Hall–Kier alpha value is 1.51. The van der Waals surface area contributed by atoms with E-state index in [0.29, 0.717) is 12.8 Å². The Morgan fingerprint density at radius 3 is 1.90 bits per heavy atom. The summed E-state index contributed by atoms with van der Waals surface area (Å²) < 4.78 is 32.7. The third-order valence-corrected chi connectivity index (χ3v) is 4.95. The van der Waals surface area contributed by atoms with Gasteiger partial charge in [0.2, 0.25) is 0 Å². The van der Waals surface area contributed by atoms with Gasteiger partial charge in [0.05, 0.1) is 16.2 Å². The largest absolute Gasteiger partial charge is 1.00 e. The molecule has 0 saturated heterocycles. The summed E-state index contributed by atoms with van der Waals surface area (Å²) in [5, 5.41) is 8.93. The summed E-state index contributed by atoms with van der Waals surface area (Å²) in [5.41, 5.74) is 0. The van der Waals surface area contributed by atoms with Crippen molar-refractivity contribution in [3.8, 4) is 0 Å². The fraction of sp³-hybridized carbons (Fsp3) is 1.00. The normalized spacial score (nSPS) is 14.6. The molecule has 0 aromatic heterocycles. The zero-order valence-corrected chi connectivity index (χ0v) is 17.2. The van der Waals surface area contributed by atoms with Crippen molar-refractivity contribution in [1.29, 1.82) is 0 Å². The molecular weight excluding hydrogens is 303 g/mol. The molecule has 0 radical (unpaired) electrons. The molecule has 1 N–H and O–H groups in total. The van der Waals surface area contributed by atoms with Crippen LogP contribution in [-0.2, 0) is 10.1 Å². The minimum Gasteiger partial charge on any atom is -0.748 e. The summed E-state index contributed by atoms with van der Waals surface area (Å²) in [7, 11) is -4.12. The van der Waals surface area contributed by atoms with Gasteiger partial charge in [0.1, 0.15) is 0 Å². The molecule has 0 rings (SSSR count). The molecule has 0 aliphatic carbocycles. The van der Waals surface area contributed by atoms with E-state index in [9.17, 15) is 18.1 Å². The second kappa shape index (κ2) is 14.1. The number of rotatable bonds is 12. The third kappa shape index (κ3) is 13.2. The van der Waals surface area contributed by atoms with Gasteiger partial charge in [0.25, 0.3) is 0 Å². The first-order valence-electron chi connectivity index (χ1n) is 7.54. The molecule has 2 unspecified atom stereocenters. The van der Waals surface area contributed by atoms with Gasteiger partial charge in [0, 0.05) is 5.25 Å². The van der Waals surface area contributed by atoms with E-state index in [2.05, 4.69) is 6.92 Å². The molecule has 0 aliphatic heterocycles. The van der Waals surface area contributed by atoms with Gasteiger partial charge < -0.3 is 9.66 Å². The van der Waals surface area contributed by atoms with E-state index in [1.807, 2.05) is 0 Å². The van der Waals surface area contributed by atoms with Crippen molar-refractivity contribution in [2.24, 2.45) is 0 Å². The fourth-order valence-corrected chi connectivity index (χ4v) is 3.11. The van der Waals surface area contributed by atoms with Crippen LogP contribution in [0.5, 0.6) is 0 Å². The van der Waals surface area contributed by atoms with Crippen LogP contribution < -0.4 is 51.4 Å². The van der Waals surface area contributed by atoms with Crippen molar-refractivity contribution in [2.45, 2.75) is 89.4 Å². The van der Waals surface area contributed by atoms with Crippen LogP contribution in [0.3, 0.4) is 0 Å². The predicted octanol–water partition coefficient (Wildman–Crippen LogP) is 0.206. The number of hydrogen-bond acceptors (Lipinski definition) is 4. The zero-order chi connectivity index (χ0) is 14.7. The van der Waals surface area contributed by atoms with Gasteiger partial charge in [-0.15, -0.1) is 0 Å². The summed E-state index contributed by atoms with van der Waals surface area (Å²) in [5.74, 6) is 0. The van der Waals surface area contributed by atoms with Crippen molar-refractivity contribution in [3.63, 3.8) is 0 Å². The summed E-state index contributed by atoms with van der Waals surface area (Å²) >= 11 is 0. The Morgan fingerprint density at radius 2 is 1.45 bits per heavy atom. The average molecular weight is 333 g/mol. The van der Waals surface area contributed by atoms with Gasteiger partial charge >= 0.3 is 51.4 Å². The first-order valence-corrected chi connectivity index (χ1v) is 9.01. The Balaban J connectivity index is 0. The minimum atomic E-state index is -4.12. The topological polar surface area (TPSA) is 77.4 Å². The molecule has 0 aromatic carbocycles. The maximum Gasteiger partial charge on any atom is 1.00 e. The smallest absolute Gasteiger partial charge is 0.748 e. The zero-order valence-electron chi connectivity index (χ0n) is 13.3. The van der Waals surface area contributed by atoms with Gasteiger partial charge in [-0.2, -0.15) is 0 Å². The van der Waals surface area contributed by atoms with E-state index in [1.165, 1.54) is 0 Å². The van der Waals surface area contributed by atoms with E-state index in [1.54, 1.807) is 6.92 Å². The van der Waals surface area contributed by atoms with E-state index in [4.69, 9.17) is 0 Å². The molecule has 6 heteroatoms. The number of hydrogen-bond donors (Lipinski definition) is 1. The SMILES string of the molecule is CCCCC(O)CCCCCCC(CC)S(=O)(=O)[O-].[K+]. The van der Waals surface area contributed by atoms with Crippen molar-refractivity contribution in [2.75, 3.05) is 0 Å².